The molecule has 7 heteroatoms. The minimum atomic E-state index is -1.26. The predicted octanol–water partition coefficient (Wildman–Crippen LogP) is 1.84. The van der Waals surface area contributed by atoms with Gasteiger partial charge >= 0.3 is 5.97 Å². The van der Waals surface area contributed by atoms with Crippen LogP contribution in [0.1, 0.15) is 25.0 Å². The molecule has 0 aliphatic rings. The molecule has 18 heavy (non-hydrogen) atoms. The second kappa shape index (κ2) is 7.04. The minimum absolute atomic E-state index is 0.190. The molecule has 1 heterocycles. The van der Waals surface area contributed by atoms with Gasteiger partial charge in [0.1, 0.15) is 11.3 Å². The van der Waals surface area contributed by atoms with Crippen LogP contribution in [0.3, 0.4) is 0 Å². The van der Waals surface area contributed by atoms with Crippen LogP contribution in [0.2, 0.25) is 5.15 Å². The van der Waals surface area contributed by atoms with Gasteiger partial charge in [-0.1, -0.05) is 11.6 Å². The summed E-state index contributed by atoms with van der Waals surface area (Å²) in [6, 6.07) is 1.42. The minimum Gasteiger partial charge on any atom is -0.466 e. The second-order valence-corrected chi connectivity index (χ2v) is 4.79. The van der Waals surface area contributed by atoms with Crippen LogP contribution in [-0.2, 0) is 9.53 Å². The third-order valence-corrected chi connectivity index (χ3v) is 3.09. The van der Waals surface area contributed by atoms with Crippen LogP contribution < -0.4 is 0 Å². The van der Waals surface area contributed by atoms with Crippen molar-refractivity contribution in [3.8, 4) is 0 Å². The molecule has 0 fully saturated rings. The quantitative estimate of drug-likeness (QED) is 0.632. The fourth-order valence-electron chi connectivity index (χ4n) is 1.36. The van der Waals surface area contributed by atoms with E-state index in [0.29, 0.717) is 10.0 Å². The van der Waals surface area contributed by atoms with Crippen molar-refractivity contribution >= 4 is 33.5 Å². The molecule has 0 saturated carbocycles. The van der Waals surface area contributed by atoms with Gasteiger partial charge in [-0.3, -0.25) is 4.79 Å². The van der Waals surface area contributed by atoms with Gasteiger partial charge in [0.2, 0.25) is 0 Å². The number of aliphatic hydroxyl groups is 2. The third kappa shape index (κ3) is 4.20. The Kier molecular flexibility index (Phi) is 6.01. The first-order chi connectivity index (χ1) is 8.45. The lowest BCUT2D eigenvalue weighted by Crippen LogP contribution is -2.23. The first-order valence-electron chi connectivity index (χ1n) is 5.28. The number of aromatic nitrogens is 1. The zero-order valence-electron chi connectivity index (χ0n) is 9.64. The Hall–Kier alpha value is -0.690. The van der Waals surface area contributed by atoms with Crippen molar-refractivity contribution < 1.29 is 19.7 Å². The zero-order chi connectivity index (χ0) is 13.7. The number of carbonyl (C=O) groups is 1. The number of aliphatic hydroxyl groups excluding tert-OH is 2. The third-order valence-electron chi connectivity index (χ3n) is 2.22. The Morgan fingerprint density at radius 3 is 2.89 bits per heavy atom. The predicted molar refractivity (Wildman–Crippen MR) is 69.2 cm³/mol. The van der Waals surface area contributed by atoms with Gasteiger partial charge in [-0.2, -0.15) is 0 Å². The molecule has 1 aromatic heterocycles. The van der Waals surface area contributed by atoms with Gasteiger partial charge in [0, 0.05) is 16.2 Å². The Bertz CT molecular complexity index is 430. The monoisotopic (exact) mass is 337 g/mol. The summed E-state index contributed by atoms with van der Waals surface area (Å²) in [7, 11) is 0. The summed E-state index contributed by atoms with van der Waals surface area (Å²) < 4.78 is 5.19. The summed E-state index contributed by atoms with van der Waals surface area (Å²) in [6.07, 6.45) is -1.39. The van der Waals surface area contributed by atoms with Crippen molar-refractivity contribution in [1.82, 2.24) is 4.98 Å². The summed E-state index contributed by atoms with van der Waals surface area (Å²) in [5, 5.41) is 19.9. The number of nitrogens with zero attached hydrogens (tertiary/aromatic N) is 1. The highest BCUT2D eigenvalue weighted by atomic mass is 79.9. The molecule has 0 bridgehead atoms. The molecule has 0 amide bonds. The van der Waals surface area contributed by atoms with Gasteiger partial charge in [0.25, 0.3) is 0 Å². The van der Waals surface area contributed by atoms with Crippen molar-refractivity contribution in [2.24, 2.45) is 0 Å². The van der Waals surface area contributed by atoms with Crippen LogP contribution in [0.15, 0.2) is 16.7 Å². The SMILES string of the molecule is CCOC(=O)CC(O)C(O)c1cc(Cl)ncc1Br. The van der Waals surface area contributed by atoms with Crippen molar-refractivity contribution in [2.45, 2.75) is 25.6 Å². The van der Waals surface area contributed by atoms with Gasteiger partial charge in [-0.05, 0) is 28.9 Å². The van der Waals surface area contributed by atoms with Crippen LogP contribution in [-0.4, -0.2) is 33.9 Å². The number of halogens is 2. The molecule has 1 aromatic rings. The molecule has 2 atom stereocenters. The highest BCUT2D eigenvalue weighted by Gasteiger charge is 2.24. The molecule has 0 spiro atoms. The van der Waals surface area contributed by atoms with Crippen molar-refractivity contribution in [3.63, 3.8) is 0 Å². The van der Waals surface area contributed by atoms with E-state index in [1.54, 1.807) is 6.92 Å². The first-order valence-corrected chi connectivity index (χ1v) is 6.45. The maximum Gasteiger partial charge on any atom is 0.308 e. The first kappa shape index (κ1) is 15.4. The molecule has 0 aliphatic carbocycles. The van der Waals surface area contributed by atoms with E-state index in [-0.39, 0.29) is 18.2 Å². The number of hydrogen-bond donors (Lipinski definition) is 2. The Morgan fingerprint density at radius 2 is 2.28 bits per heavy atom. The van der Waals surface area contributed by atoms with Crippen LogP contribution >= 0.6 is 27.5 Å². The largest absolute Gasteiger partial charge is 0.466 e. The molecule has 2 unspecified atom stereocenters. The molecule has 0 saturated heterocycles. The molecule has 1 rings (SSSR count). The van der Waals surface area contributed by atoms with E-state index >= 15 is 0 Å². The van der Waals surface area contributed by atoms with Gasteiger partial charge in [0.15, 0.2) is 0 Å². The molecule has 0 aromatic carbocycles. The number of hydrogen-bond acceptors (Lipinski definition) is 5. The fraction of sp³-hybridized carbons (Fsp3) is 0.455. The van der Waals surface area contributed by atoms with Gasteiger partial charge in [0.05, 0.1) is 19.1 Å². The Labute approximate surface area is 118 Å². The van der Waals surface area contributed by atoms with E-state index in [4.69, 9.17) is 16.3 Å². The summed E-state index contributed by atoms with van der Waals surface area (Å²) in [6.45, 7) is 1.90. The number of carbonyl (C=O) groups excluding carboxylic acids is 1. The summed E-state index contributed by atoms with van der Waals surface area (Å²) >= 11 is 8.89. The van der Waals surface area contributed by atoms with E-state index in [1.165, 1.54) is 12.3 Å². The number of pyridine rings is 1. The molecule has 0 aliphatic heterocycles. The molecule has 0 radical (unpaired) electrons. The number of ether oxygens (including phenoxy) is 1. The highest BCUT2D eigenvalue weighted by Crippen LogP contribution is 2.28. The van der Waals surface area contributed by atoms with Gasteiger partial charge in [-0.15, -0.1) is 0 Å². The van der Waals surface area contributed by atoms with Gasteiger partial charge < -0.3 is 14.9 Å². The Balaban J connectivity index is 2.76. The maximum atomic E-state index is 11.2. The summed E-state index contributed by atoms with van der Waals surface area (Å²) in [4.78, 5) is 15.0. The lowest BCUT2D eigenvalue weighted by molar-refractivity contribution is -0.147. The molecular formula is C11H13BrClNO4. The molecule has 2 N–H and O–H groups in total. The van der Waals surface area contributed by atoms with Crippen molar-refractivity contribution in [2.75, 3.05) is 6.61 Å². The van der Waals surface area contributed by atoms with Crippen LogP contribution in [0, 0.1) is 0 Å². The Morgan fingerprint density at radius 1 is 1.61 bits per heavy atom. The number of esters is 1. The van der Waals surface area contributed by atoms with Crippen molar-refractivity contribution in [3.05, 3.63) is 27.5 Å². The van der Waals surface area contributed by atoms with E-state index in [9.17, 15) is 15.0 Å². The van der Waals surface area contributed by atoms with Crippen LogP contribution in [0.25, 0.3) is 0 Å². The number of rotatable bonds is 5. The van der Waals surface area contributed by atoms with E-state index in [1.807, 2.05) is 0 Å². The average Bonchev–Trinajstić information content (AvgIpc) is 2.31. The van der Waals surface area contributed by atoms with Crippen LogP contribution in [0.5, 0.6) is 0 Å². The zero-order valence-corrected chi connectivity index (χ0v) is 12.0. The normalized spacial score (nSPS) is 14.1. The summed E-state index contributed by atoms with van der Waals surface area (Å²) in [5.74, 6) is -0.569. The van der Waals surface area contributed by atoms with Crippen molar-refractivity contribution in [1.29, 1.82) is 0 Å². The van der Waals surface area contributed by atoms with E-state index in [0.717, 1.165) is 0 Å². The highest BCUT2D eigenvalue weighted by molar-refractivity contribution is 9.10. The smallest absolute Gasteiger partial charge is 0.308 e. The fourth-order valence-corrected chi connectivity index (χ4v) is 1.98. The van der Waals surface area contributed by atoms with Gasteiger partial charge in [-0.25, -0.2) is 4.98 Å². The standard InChI is InChI=1S/C11H13BrClNO4/c1-2-18-10(16)4-8(15)11(17)6-3-9(13)14-5-7(6)12/h3,5,8,11,15,17H,2,4H2,1H3. The lowest BCUT2D eigenvalue weighted by atomic mass is 10.0. The molecular weight excluding hydrogens is 325 g/mol. The average molecular weight is 339 g/mol. The van der Waals surface area contributed by atoms with E-state index < -0.39 is 18.2 Å². The topological polar surface area (TPSA) is 79.7 Å². The molecule has 100 valence electrons. The second-order valence-electron chi connectivity index (χ2n) is 3.55. The summed E-state index contributed by atoms with van der Waals surface area (Å²) in [5.41, 5.74) is 0.367. The maximum absolute atomic E-state index is 11.2. The lowest BCUT2D eigenvalue weighted by Gasteiger charge is -2.18. The van der Waals surface area contributed by atoms with Crippen LogP contribution in [0.4, 0.5) is 0 Å². The molecule has 5 nitrogen and oxygen atoms in total. The van der Waals surface area contributed by atoms with E-state index in [2.05, 4.69) is 20.9 Å².